The second kappa shape index (κ2) is 7.83. The number of carbonyl (C=O) groups excluding carboxylic acids is 1. The number of carbonyl (C=O) groups is 1. The molecule has 27 heavy (non-hydrogen) atoms. The van der Waals surface area contributed by atoms with Crippen molar-refractivity contribution in [2.75, 3.05) is 4.90 Å². The van der Waals surface area contributed by atoms with Gasteiger partial charge in [0.05, 0.1) is 6.54 Å². The van der Waals surface area contributed by atoms with Gasteiger partial charge in [-0.2, -0.15) is 0 Å². The molecule has 1 heterocycles. The van der Waals surface area contributed by atoms with Gasteiger partial charge < -0.3 is 9.47 Å². The van der Waals surface area contributed by atoms with Crippen molar-refractivity contribution >= 4 is 11.6 Å². The largest absolute Gasteiger partial charge is 0.340 e. The van der Waals surface area contributed by atoms with Crippen LogP contribution in [-0.2, 0) is 19.5 Å². The van der Waals surface area contributed by atoms with E-state index in [0.717, 1.165) is 35.8 Å². The topological polar surface area (TPSA) is 25.2 Å². The predicted octanol–water partition coefficient (Wildman–Crippen LogP) is 5.31. The molecule has 0 bridgehead atoms. The van der Waals surface area contributed by atoms with Crippen LogP contribution in [0.2, 0.25) is 0 Å². The second-order valence-electron chi connectivity index (χ2n) is 7.33. The highest BCUT2D eigenvalue weighted by molar-refractivity contribution is 6.05. The second-order valence-corrected chi connectivity index (χ2v) is 7.33. The number of anilines is 1. The van der Waals surface area contributed by atoms with Crippen LogP contribution < -0.4 is 4.90 Å². The Morgan fingerprint density at radius 1 is 0.963 bits per heavy atom. The first-order chi connectivity index (χ1) is 13.3. The molecule has 0 radical (unpaired) electrons. The van der Waals surface area contributed by atoms with Gasteiger partial charge in [-0.15, -0.1) is 0 Å². The Hall–Kier alpha value is -2.81. The summed E-state index contributed by atoms with van der Waals surface area (Å²) in [5, 5.41) is 0. The van der Waals surface area contributed by atoms with Gasteiger partial charge in [-0.3, -0.25) is 4.79 Å². The first-order valence-corrected chi connectivity index (χ1v) is 9.85. The average Bonchev–Trinajstić information content (AvgIpc) is 3.45. The van der Waals surface area contributed by atoms with Gasteiger partial charge in [0.25, 0.3) is 5.91 Å². The zero-order valence-electron chi connectivity index (χ0n) is 15.8. The Bertz CT molecular complexity index is 895. The summed E-state index contributed by atoms with van der Waals surface area (Å²) < 4.78 is 2.25. The van der Waals surface area contributed by atoms with Gasteiger partial charge in [-0.1, -0.05) is 55.5 Å². The number of benzene rings is 2. The van der Waals surface area contributed by atoms with Crippen molar-refractivity contribution in [2.45, 2.75) is 39.3 Å². The quantitative estimate of drug-likeness (QED) is 0.562. The molecule has 1 fully saturated rings. The maximum atomic E-state index is 13.6. The zero-order chi connectivity index (χ0) is 18.6. The number of nitrogens with zero attached hydrogens (tertiary/aromatic N) is 2. The van der Waals surface area contributed by atoms with E-state index in [4.69, 9.17) is 0 Å². The fourth-order valence-corrected chi connectivity index (χ4v) is 3.57. The van der Waals surface area contributed by atoms with E-state index in [2.05, 4.69) is 29.7 Å². The van der Waals surface area contributed by atoms with Crippen LogP contribution >= 0.6 is 0 Å². The lowest BCUT2D eigenvalue weighted by Gasteiger charge is -2.24. The molecule has 4 rings (SSSR count). The lowest BCUT2D eigenvalue weighted by molar-refractivity contribution is 0.0975. The maximum absolute atomic E-state index is 13.6. The molecule has 0 saturated heterocycles. The summed E-state index contributed by atoms with van der Waals surface area (Å²) in [6.07, 6.45) is 3.51. The molecule has 3 aromatic rings. The molecule has 3 nitrogen and oxygen atoms in total. The van der Waals surface area contributed by atoms with E-state index >= 15 is 0 Å². The third-order valence-electron chi connectivity index (χ3n) is 5.29. The number of rotatable bonds is 7. The molecule has 1 saturated carbocycles. The lowest BCUT2D eigenvalue weighted by atomic mass is 10.2. The van der Waals surface area contributed by atoms with Crippen LogP contribution in [0.25, 0.3) is 0 Å². The Kier molecular flexibility index (Phi) is 5.10. The summed E-state index contributed by atoms with van der Waals surface area (Å²) in [6, 6.07) is 24.3. The van der Waals surface area contributed by atoms with Crippen molar-refractivity contribution in [1.29, 1.82) is 0 Å². The van der Waals surface area contributed by atoms with Crippen molar-refractivity contribution in [3.05, 3.63) is 89.7 Å². The fraction of sp³-hybridized carbons (Fsp3) is 0.292. The highest BCUT2D eigenvalue weighted by Crippen LogP contribution is 2.32. The minimum atomic E-state index is 0.0744. The lowest BCUT2D eigenvalue weighted by Crippen LogP contribution is -2.32. The number of para-hydroxylation sites is 1. The number of hydrogen-bond acceptors (Lipinski definition) is 1. The molecule has 0 N–H and O–H groups in total. The van der Waals surface area contributed by atoms with Crippen LogP contribution in [-0.4, -0.2) is 10.5 Å². The van der Waals surface area contributed by atoms with Crippen LogP contribution in [0.1, 0.15) is 41.5 Å². The summed E-state index contributed by atoms with van der Waals surface area (Å²) in [5.74, 6) is 0.805. The van der Waals surface area contributed by atoms with E-state index in [-0.39, 0.29) is 5.91 Å². The summed E-state index contributed by atoms with van der Waals surface area (Å²) in [5.41, 5.74) is 4.12. The minimum Gasteiger partial charge on any atom is -0.340 e. The maximum Gasteiger partial charge on any atom is 0.275 e. The first-order valence-electron chi connectivity index (χ1n) is 9.85. The molecule has 1 aromatic heterocycles. The van der Waals surface area contributed by atoms with Crippen LogP contribution in [0.3, 0.4) is 0 Å². The van der Waals surface area contributed by atoms with Gasteiger partial charge in [-0.05, 0) is 55.0 Å². The Morgan fingerprint density at radius 2 is 1.63 bits per heavy atom. The van der Waals surface area contributed by atoms with E-state index in [0.29, 0.717) is 6.54 Å². The Balaban J connectivity index is 1.69. The normalized spacial score (nSPS) is 13.5. The SMILES string of the molecule is CCc1ccc(C(=O)N(Cc2ccccc2)c2ccccc2)n1CC1CC1. The molecule has 1 aliphatic carbocycles. The molecule has 1 aliphatic rings. The predicted molar refractivity (Wildman–Crippen MR) is 110 cm³/mol. The van der Waals surface area contributed by atoms with Crippen molar-refractivity contribution in [1.82, 2.24) is 4.57 Å². The van der Waals surface area contributed by atoms with Crippen LogP contribution in [0.15, 0.2) is 72.8 Å². The standard InChI is InChI=1S/C24H26N2O/c1-2-21-15-16-23(25(21)17-20-13-14-20)24(27)26(22-11-7-4-8-12-22)18-19-9-5-3-6-10-19/h3-12,15-16,20H,2,13-14,17-18H2,1H3. The van der Waals surface area contributed by atoms with E-state index in [1.54, 1.807) is 0 Å². The summed E-state index contributed by atoms with van der Waals surface area (Å²) in [4.78, 5) is 15.5. The smallest absolute Gasteiger partial charge is 0.275 e. The van der Waals surface area contributed by atoms with Crippen molar-refractivity contribution in [3.63, 3.8) is 0 Å². The zero-order valence-corrected chi connectivity index (χ0v) is 15.8. The van der Waals surface area contributed by atoms with Gasteiger partial charge in [0.1, 0.15) is 5.69 Å². The average molecular weight is 358 g/mol. The van der Waals surface area contributed by atoms with Crippen molar-refractivity contribution < 1.29 is 4.79 Å². The van der Waals surface area contributed by atoms with Gasteiger partial charge in [-0.25, -0.2) is 0 Å². The van der Waals surface area contributed by atoms with Crippen molar-refractivity contribution in [3.8, 4) is 0 Å². The Morgan fingerprint density at radius 3 is 2.26 bits per heavy atom. The third-order valence-corrected chi connectivity index (χ3v) is 5.29. The van der Waals surface area contributed by atoms with Gasteiger partial charge in [0.15, 0.2) is 0 Å². The monoisotopic (exact) mass is 358 g/mol. The highest BCUT2D eigenvalue weighted by Gasteiger charge is 2.27. The molecule has 2 aromatic carbocycles. The van der Waals surface area contributed by atoms with E-state index in [1.165, 1.54) is 18.5 Å². The fourth-order valence-electron chi connectivity index (χ4n) is 3.57. The third kappa shape index (κ3) is 3.97. The Labute approximate surface area is 161 Å². The van der Waals surface area contributed by atoms with E-state index in [9.17, 15) is 4.79 Å². The van der Waals surface area contributed by atoms with Crippen LogP contribution in [0.5, 0.6) is 0 Å². The van der Waals surface area contributed by atoms with Gasteiger partial charge in [0, 0.05) is 17.9 Å². The molecule has 0 atom stereocenters. The molecular formula is C24H26N2O. The summed E-state index contributed by atoms with van der Waals surface area (Å²) in [6.45, 7) is 3.69. The molecule has 0 unspecified atom stereocenters. The molecule has 0 aliphatic heterocycles. The molecule has 1 amide bonds. The van der Waals surface area contributed by atoms with E-state index in [1.807, 2.05) is 59.5 Å². The molecule has 0 spiro atoms. The number of hydrogen-bond donors (Lipinski definition) is 0. The molecule has 3 heteroatoms. The highest BCUT2D eigenvalue weighted by atomic mass is 16.2. The van der Waals surface area contributed by atoms with Gasteiger partial charge in [0.2, 0.25) is 0 Å². The minimum absolute atomic E-state index is 0.0744. The van der Waals surface area contributed by atoms with E-state index < -0.39 is 0 Å². The number of amides is 1. The molecule has 138 valence electrons. The van der Waals surface area contributed by atoms with Gasteiger partial charge >= 0.3 is 0 Å². The summed E-state index contributed by atoms with van der Waals surface area (Å²) >= 11 is 0. The van der Waals surface area contributed by atoms with Crippen LogP contribution in [0, 0.1) is 5.92 Å². The number of aryl methyl sites for hydroxylation is 1. The summed E-state index contributed by atoms with van der Waals surface area (Å²) in [7, 11) is 0. The van der Waals surface area contributed by atoms with Crippen molar-refractivity contribution in [2.24, 2.45) is 5.92 Å². The van der Waals surface area contributed by atoms with Crippen LogP contribution in [0.4, 0.5) is 5.69 Å². The number of aromatic nitrogens is 1. The first kappa shape index (κ1) is 17.6. The molecular weight excluding hydrogens is 332 g/mol.